The van der Waals surface area contributed by atoms with Gasteiger partial charge in [-0.15, -0.1) is 0 Å². The quantitative estimate of drug-likeness (QED) is 0.333. The second-order valence-corrected chi connectivity index (χ2v) is 0. The van der Waals surface area contributed by atoms with Gasteiger partial charge in [-0.1, -0.05) is 0 Å². The van der Waals surface area contributed by atoms with Crippen molar-refractivity contribution in [1.29, 1.82) is 0 Å². The van der Waals surface area contributed by atoms with Gasteiger partial charge in [-0.2, -0.15) is 0 Å². The predicted molar refractivity (Wildman–Crippen MR) is 5.75 cm³/mol. The molecule has 0 N–H and O–H groups in total. The monoisotopic (exact) mass is 435 g/mol. The molecule has 4 heteroatoms. The van der Waals surface area contributed by atoms with Gasteiger partial charge in [0.2, 0.25) is 0 Å². The van der Waals surface area contributed by atoms with Crippen LogP contribution in [-0.4, -0.2) is 18.0 Å². The molecule has 0 amide bonds. The van der Waals surface area contributed by atoms with Crippen LogP contribution in [0.15, 0.2) is 0 Å². The molecule has 0 aliphatic rings. The van der Waals surface area contributed by atoms with Crippen molar-refractivity contribution in [2.45, 2.75) is 0 Å². The minimum absolute atomic E-state index is 0. The maximum absolute atomic E-state index is 0. The van der Waals surface area contributed by atoms with Gasteiger partial charge in [0, 0.05) is 18.0 Å². The molecule has 0 aromatic heterocycles. The fourth-order valence-corrected chi connectivity index (χ4v) is 0. The third kappa shape index (κ3) is 8.82. The zero-order valence-corrected chi connectivity index (χ0v) is 12.5. The Kier molecular flexibility index (Phi) is 143. The zero-order chi connectivity index (χ0) is 0. The second-order valence-electron chi connectivity index (χ2n) is 0. The van der Waals surface area contributed by atoms with E-state index in [2.05, 4.69) is 0 Å². The van der Waals surface area contributed by atoms with E-state index in [4.69, 9.17) is 0 Å². The Morgan fingerprint density at radius 2 is 0.750 bits per heavy atom. The van der Waals surface area contributed by atoms with E-state index in [1.807, 2.05) is 0 Å². The third-order valence-corrected chi connectivity index (χ3v) is 0. The molecule has 0 saturated carbocycles. The average molecular weight is 435 g/mol. The first-order chi connectivity index (χ1) is 0. The van der Waals surface area contributed by atoms with Crippen LogP contribution in [0, 0.1) is 0 Å². The summed E-state index contributed by atoms with van der Waals surface area (Å²) in [6, 6.07) is 0. The van der Waals surface area contributed by atoms with E-state index in [9.17, 15) is 0 Å². The Labute approximate surface area is 78.5 Å². The van der Waals surface area contributed by atoms with E-state index >= 15 is 0 Å². The van der Waals surface area contributed by atoms with Gasteiger partial charge in [0.05, 0.1) is 0 Å². The smallest absolute Gasteiger partial charge is 1.00 e. The van der Waals surface area contributed by atoms with Crippen molar-refractivity contribution in [3.8, 4) is 0 Å². The fraction of sp³-hybridized carbons (Fsp3) is 0. The molecule has 0 aliphatic carbocycles. The molecular weight excluding hydrogens is 435 g/mol. The van der Waals surface area contributed by atoms with Gasteiger partial charge in [0.1, 0.15) is 0 Å². The molecule has 0 rings (SSSR count). The minimum atomic E-state index is 0. The molecular formula is AsBr2Hg. The van der Waals surface area contributed by atoms with E-state index < -0.39 is 0 Å². The summed E-state index contributed by atoms with van der Waals surface area (Å²) in [4.78, 5) is 0. The van der Waals surface area contributed by atoms with Crippen LogP contribution in [-0.2, 0) is 27.7 Å². The topological polar surface area (TPSA) is 0 Å². The summed E-state index contributed by atoms with van der Waals surface area (Å²) >= 11 is 0. The van der Waals surface area contributed by atoms with Crippen molar-refractivity contribution in [1.82, 2.24) is 0 Å². The first-order valence-corrected chi connectivity index (χ1v) is 0. The van der Waals surface area contributed by atoms with E-state index in [1.165, 1.54) is 0 Å². The molecule has 0 atom stereocenters. The van der Waals surface area contributed by atoms with Crippen molar-refractivity contribution in [3.63, 3.8) is 0 Å². The molecule has 0 unspecified atom stereocenters. The molecule has 3 radical (unpaired) electrons. The van der Waals surface area contributed by atoms with Crippen LogP contribution in [0.25, 0.3) is 0 Å². The third-order valence-electron chi connectivity index (χ3n) is 0. The van der Waals surface area contributed by atoms with E-state index in [-0.39, 0.29) is 79.6 Å². The number of halogens is 2. The standard InChI is InChI=1S/As.2BrH.Hg/h;2*1H;/q;;;+2/p-2. The maximum Gasteiger partial charge on any atom is 2.00 e. The van der Waals surface area contributed by atoms with Gasteiger partial charge in [0.15, 0.2) is 0 Å². The Hall–Kier alpha value is 2.45. The van der Waals surface area contributed by atoms with Crippen LogP contribution in [0.1, 0.15) is 0 Å². The summed E-state index contributed by atoms with van der Waals surface area (Å²) in [6.45, 7) is 0. The van der Waals surface area contributed by atoms with Gasteiger partial charge in [0.25, 0.3) is 0 Å². The van der Waals surface area contributed by atoms with Crippen LogP contribution >= 0.6 is 0 Å². The van der Waals surface area contributed by atoms with Crippen molar-refractivity contribution in [3.05, 3.63) is 0 Å². The Balaban J connectivity index is 0. The van der Waals surface area contributed by atoms with Gasteiger partial charge in [-0.3, -0.25) is 0 Å². The van der Waals surface area contributed by atoms with Crippen LogP contribution < -0.4 is 34.0 Å². The average Bonchev–Trinajstić information content (AvgIpc) is 0. The van der Waals surface area contributed by atoms with Crippen LogP contribution in [0.4, 0.5) is 0 Å². The summed E-state index contributed by atoms with van der Waals surface area (Å²) in [5.41, 5.74) is 0. The summed E-state index contributed by atoms with van der Waals surface area (Å²) < 4.78 is 0. The van der Waals surface area contributed by atoms with E-state index in [1.54, 1.807) is 0 Å². The molecule has 0 saturated heterocycles. The van der Waals surface area contributed by atoms with Crippen molar-refractivity contribution in [2.24, 2.45) is 0 Å². The first-order valence-electron chi connectivity index (χ1n) is 0. The summed E-state index contributed by atoms with van der Waals surface area (Å²) in [5, 5.41) is 0. The van der Waals surface area contributed by atoms with Gasteiger partial charge >= 0.3 is 27.7 Å². The first kappa shape index (κ1) is 31.9. The SMILES string of the molecule is [As].[Br-].[Br-].[Hg+2]. The Morgan fingerprint density at radius 1 is 0.750 bits per heavy atom. The molecule has 0 bridgehead atoms. The molecule has 0 aromatic carbocycles. The summed E-state index contributed by atoms with van der Waals surface area (Å²) in [5.74, 6) is 0. The summed E-state index contributed by atoms with van der Waals surface area (Å²) in [6.07, 6.45) is 0. The molecule has 0 nitrogen and oxygen atoms in total. The number of hydrogen-bond donors (Lipinski definition) is 0. The molecule has 21 valence electrons. The Morgan fingerprint density at radius 3 is 0.750 bits per heavy atom. The van der Waals surface area contributed by atoms with E-state index in [0.717, 1.165) is 0 Å². The predicted octanol–water partition coefficient (Wildman–Crippen LogP) is -6.38. The molecule has 0 aliphatic heterocycles. The molecule has 0 spiro atoms. The van der Waals surface area contributed by atoms with E-state index in [0.29, 0.717) is 0 Å². The van der Waals surface area contributed by atoms with Gasteiger partial charge in [-0.25, -0.2) is 0 Å². The van der Waals surface area contributed by atoms with Gasteiger partial charge < -0.3 is 34.0 Å². The minimum Gasteiger partial charge on any atom is -1.00 e. The van der Waals surface area contributed by atoms with Crippen molar-refractivity contribution < 1.29 is 61.6 Å². The van der Waals surface area contributed by atoms with Crippen LogP contribution in [0.2, 0.25) is 0 Å². The molecule has 4 heavy (non-hydrogen) atoms. The number of rotatable bonds is 0. The molecule has 0 aromatic rings. The number of hydrogen-bond acceptors (Lipinski definition) is 0. The maximum atomic E-state index is 0. The largest absolute Gasteiger partial charge is 2.00 e. The molecule has 0 fully saturated rings. The van der Waals surface area contributed by atoms with Crippen molar-refractivity contribution >= 4 is 18.0 Å². The zero-order valence-electron chi connectivity index (χ0n) is 1.91. The van der Waals surface area contributed by atoms with Crippen LogP contribution in [0.3, 0.4) is 0 Å². The normalized spacial score (nSPS) is 0. The van der Waals surface area contributed by atoms with Gasteiger partial charge in [-0.05, 0) is 0 Å². The van der Waals surface area contributed by atoms with Crippen LogP contribution in [0.5, 0.6) is 0 Å². The fourth-order valence-electron chi connectivity index (χ4n) is 0. The summed E-state index contributed by atoms with van der Waals surface area (Å²) in [7, 11) is 0. The molecule has 0 heterocycles. The Bertz CT molecular complexity index is 6.00. The van der Waals surface area contributed by atoms with Crippen molar-refractivity contribution in [2.75, 3.05) is 0 Å². The second kappa shape index (κ2) is 18.0.